The Hall–Kier alpha value is -0.790. The Morgan fingerprint density at radius 1 is 1.53 bits per heavy atom. The number of amides is 1. The number of carboxylic acid groups (broad SMARTS) is 1. The molecular weight excluding hydrogens is 218 g/mol. The van der Waals surface area contributed by atoms with Crippen LogP contribution in [0.25, 0.3) is 0 Å². The Kier molecular flexibility index (Phi) is 7.10. The first-order valence-electron chi connectivity index (χ1n) is 4.59. The van der Waals surface area contributed by atoms with Crippen LogP contribution in [0, 0.1) is 0 Å². The van der Waals surface area contributed by atoms with Crippen LogP contribution in [0.3, 0.4) is 0 Å². The van der Waals surface area contributed by atoms with E-state index in [1.165, 1.54) is 6.92 Å². The Morgan fingerprint density at radius 2 is 2.13 bits per heavy atom. The summed E-state index contributed by atoms with van der Waals surface area (Å²) in [7, 11) is 0. The highest BCUT2D eigenvalue weighted by molar-refractivity contribution is 8.00. The highest BCUT2D eigenvalue weighted by Crippen LogP contribution is 2.09. The van der Waals surface area contributed by atoms with Gasteiger partial charge in [-0.1, -0.05) is 0 Å². The molecule has 88 valence electrons. The standard InChI is InChI=1S/C8H17N3O3S/c1-5(10)6(12)11-7(8(13)14)15-4-2-3-9/h5,7H,2-4,9-10H2,1H3,(H,11,12)(H,13,14)/t5-,7?/m0/s1. The summed E-state index contributed by atoms with van der Waals surface area (Å²) in [4.78, 5) is 21.9. The predicted octanol–water partition coefficient (Wildman–Crippen LogP) is -1.06. The van der Waals surface area contributed by atoms with Gasteiger partial charge in [-0.3, -0.25) is 4.79 Å². The summed E-state index contributed by atoms with van der Waals surface area (Å²) >= 11 is 1.13. The van der Waals surface area contributed by atoms with Crippen LogP contribution in [-0.2, 0) is 9.59 Å². The van der Waals surface area contributed by atoms with Crippen molar-refractivity contribution in [1.29, 1.82) is 0 Å². The van der Waals surface area contributed by atoms with Gasteiger partial charge in [0.15, 0.2) is 5.37 Å². The first kappa shape index (κ1) is 14.2. The van der Waals surface area contributed by atoms with Crippen molar-refractivity contribution in [2.24, 2.45) is 11.5 Å². The summed E-state index contributed by atoms with van der Waals surface area (Å²) in [5.74, 6) is -0.958. The fourth-order valence-electron chi connectivity index (χ4n) is 0.720. The summed E-state index contributed by atoms with van der Waals surface area (Å²) in [5.41, 5.74) is 10.6. The van der Waals surface area contributed by atoms with Gasteiger partial charge in [0.2, 0.25) is 5.91 Å². The number of thioether (sulfide) groups is 1. The largest absolute Gasteiger partial charge is 0.479 e. The normalized spacial score (nSPS) is 14.3. The van der Waals surface area contributed by atoms with Crippen molar-refractivity contribution in [3.05, 3.63) is 0 Å². The van der Waals surface area contributed by atoms with E-state index >= 15 is 0 Å². The van der Waals surface area contributed by atoms with E-state index < -0.39 is 23.3 Å². The summed E-state index contributed by atoms with van der Waals surface area (Å²) in [6, 6.07) is -0.707. The third-order valence-electron chi connectivity index (χ3n) is 1.54. The lowest BCUT2D eigenvalue weighted by Gasteiger charge is -2.15. The van der Waals surface area contributed by atoms with Crippen molar-refractivity contribution in [2.45, 2.75) is 24.8 Å². The van der Waals surface area contributed by atoms with E-state index in [0.717, 1.165) is 11.8 Å². The number of carboxylic acids is 1. The summed E-state index contributed by atoms with van der Waals surface area (Å²) in [6.45, 7) is 2.00. The molecule has 0 fully saturated rings. The molecule has 0 aromatic carbocycles. The van der Waals surface area contributed by atoms with E-state index in [2.05, 4.69) is 5.32 Å². The van der Waals surface area contributed by atoms with E-state index in [4.69, 9.17) is 16.6 Å². The van der Waals surface area contributed by atoms with Crippen LogP contribution in [-0.4, -0.2) is 40.7 Å². The first-order chi connectivity index (χ1) is 6.99. The second-order valence-electron chi connectivity index (χ2n) is 3.03. The van der Waals surface area contributed by atoms with Crippen LogP contribution < -0.4 is 16.8 Å². The van der Waals surface area contributed by atoms with Crippen LogP contribution in [0.1, 0.15) is 13.3 Å². The minimum atomic E-state index is -1.08. The maximum atomic E-state index is 11.2. The van der Waals surface area contributed by atoms with Gasteiger partial charge in [0.1, 0.15) is 0 Å². The van der Waals surface area contributed by atoms with Crippen molar-refractivity contribution >= 4 is 23.6 Å². The van der Waals surface area contributed by atoms with Crippen LogP contribution in [0.15, 0.2) is 0 Å². The minimum Gasteiger partial charge on any atom is -0.479 e. The monoisotopic (exact) mass is 235 g/mol. The second-order valence-corrected chi connectivity index (χ2v) is 4.24. The maximum Gasteiger partial charge on any atom is 0.336 e. The van der Waals surface area contributed by atoms with Crippen molar-refractivity contribution in [3.63, 3.8) is 0 Å². The molecule has 0 rings (SSSR count). The van der Waals surface area contributed by atoms with Gasteiger partial charge in [0.05, 0.1) is 6.04 Å². The number of aliphatic carboxylic acids is 1. The van der Waals surface area contributed by atoms with Crippen molar-refractivity contribution in [3.8, 4) is 0 Å². The van der Waals surface area contributed by atoms with E-state index in [1.807, 2.05) is 0 Å². The van der Waals surface area contributed by atoms with E-state index in [-0.39, 0.29) is 0 Å². The van der Waals surface area contributed by atoms with Crippen molar-refractivity contribution in [1.82, 2.24) is 5.32 Å². The van der Waals surface area contributed by atoms with Gasteiger partial charge in [-0.15, -0.1) is 11.8 Å². The van der Waals surface area contributed by atoms with Gasteiger partial charge < -0.3 is 21.9 Å². The van der Waals surface area contributed by atoms with E-state index in [0.29, 0.717) is 18.7 Å². The van der Waals surface area contributed by atoms with E-state index in [1.54, 1.807) is 0 Å². The highest BCUT2D eigenvalue weighted by Gasteiger charge is 2.21. The third-order valence-corrected chi connectivity index (χ3v) is 2.72. The van der Waals surface area contributed by atoms with Crippen LogP contribution in [0.2, 0.25) is 0 Å². The van der Waals surface area contributed by atoms with Gasteiger partial charge in [0, 0.05) is 0 Å². The fourth-order valence-corrected chi connectivity index (χ4v) is 1.63. The van der Waals surface area contributed by atoms with Gasteiger partial charge in [-0.2, -0.15) is 0 Å². The molecule has 2 atom stereocenters. The topological polar surface area (TPSA) is 118 Å². The van der Waals surface area contributed by atoms with Gasteiger partial charge >= 0.3 is 5.97 Å². The SMILES string of the molecule is C[C@H](N)C(=O)NC(SCCCN)C(=O)O. The average Bonchev–Trinajstić information content (AvgIpc) is 2.15. The minimum absolute atomic E-state index is 0.470. The Labute approximate surface area is 92.8 Å². The second kappa shape index (κ2) is 7.49. The Morgan fingerprint density at radius 3 is 2.53 bits per heavy atom. The van der Waals surface area contributed by atoms with Crippen LogP contribution in [0.4, 0.5) is 0 Å². The molecule has 6 N–H and O–H groups in total. The molecule has 0 radical (unpaired) electrons. The third kappa shape index (κ3) is 6.32. The molecule has 15 heavy (non-hydrogen) atoms. The molecule has 0 aliphatic heterocycles. The quantitative estimate of drug-likeness (QED) is 0.330. The lowest BCUT2D eigenvalue weighted by Crippen LogP contribution is -2.45. The zero-order valence-electron chi connectivity index (χ0n) is 8.60. The first-order valence-corrected chi connectivity index (χ1v) is 5.64. The molecule has 0 aromatic heterocycles. The molecule has 0 aliphatic rings. The maximum absolute atomic E-state index is 11.2. The number of carbonyl (C=O) groups is 2. The molecule has 0 saturated carbocycles. The zero-order valence-corrected chi connectivity index (χ0v) is 9.42. The van der Waals surface area contributed by atoms with Crippen molar-refractivity contribution < 1.29 is 14.7 Å². The number of nitrogens with one attached hydrogen (secondary N) is 1. The number of rotatable bonds is 7. The molecule has 7 heteroatoms. The van der Waals surface area contributed by atoms with Gasteiger partial charge in [-0.05, 0) is 25.6 Å². The zero-order chi connectivity index (χ0) is 11.8. The number of hydrogen-bond donors (Lipinski definition) is 4. The Balaban J connectivity index is 4.05. The molecule has 0 aromatic rings. The van der Waals surface area contributed by atoms with Gasteiger partial charge in [0.25, 0.3) is 0 Å². The summed E-state index contributed by atoms with van der Waals surface area (Å²) in [6.07, 6.45) is 0.711. The van der Waals surface area contributed by atoms with Gasteiger partial charge in [-0.25, -0.2) is 4.79 Å². The average molecular weight is 235 g/mol. The summed E-state index contributed by atoms with van der Waals surface area (Å²) < 4.78 is 0. The van der Waals surface area contributed by atoms with Crippen molar-refractivity contribution in [2.75, 3.05) is 12.3 Å². The molecule has 1 unspecified atom stereocenters. The molecule has 6 nitrogen and oxygen atoms in total. The van der Waals surface area contributed by atoms with Crippen LogP contribution >= 0.6 is 11.8 Å². The Bertz CT molecular complexity index is 223. The lowest BCUT2D eigenvalue weighted by molar-refractivity contribution is -0.139. The smallest absolute Gasteiger partial charge is 0.336 e. The lowest BCUT2D eigenvalue weighted by atomic mass is 10.3. The predicted molar refractivity (Wildman–Crippen MR) is 59.3 cm³/mol. The number of nitrogens with two attached hydrogens (primary N) is 2. The molecule has 0 aliphatic carbocycles. The fraction of sp³-hybridized carbons (Fsp3) is 0.750. The number of carbonyl (C=O) groups excluding carboxylic acids is 1. The molecule has 0 bridgehead atoms. The molecule has 0 saturated heterocycles. The van der Waals surface area contributed by atoms with E-state index in [9.17, 15) is 9.59 Å². The molecular formula is C8H17N3O3S. The highest BCUT2D eigenvalue weighted by atomic mass is 32.2. The molecule has 0 spiro atoms. The summed E-state index contributed by atoms with van der Waals surface area (Å²) in [5, 5.41) is 10.2. The molecule has 1 amide bonds. The number of hydrogen-bond acceptors (Lipinski definition) is 5. The molecule has 0 heterocycles. The van der Waals surface area contributed by atoms with Crippen LogP contribution in [0.5, 0.6) is 0 Å².